The van der Waals surface area contributed by atoms with Crippen LogP contribution in [0, 0.1) is 6.79 Å². The van der Waals surface area contributed by atoms with Gasteiger partial charge in [-0.25, -0.2) is 0 Å². The van der Waals surface area contributed by atoms with E-state index in [-0.39, 0.29) is 0 Å². The van der Waals surface area contributed by atoms with Gasteiger partial charge in [0.15, 0.2) is 0 Å². The third kappa shape index (κ3) is 213. The summed E-state index contributed by atoms with van der Waals surface area (Å²) >= 11 is 0. The molecule has 0 spiro atoms. The summed E-state index contributed by atoms with van der Waals surface area (Å²) in [6.07, 6.45) is 0. The second-order valence-electron chi connectivity index (χ2n) is 1.53. The Morgan fingerprint density at radius 2 is 1.00 bits per heavy atom. The summed E-state index contributed by atoms with van der Waals surface area (Å²) in [5, 5.41) is 0. The van der Waals surface area contributed by atoms with Crippen LogP contribution in [-0.2, 0) is 9.47 Å². The van der Waals surface area contributed by atoms with Gasteiger partial charge in [0.2, 0.25) is 0 Å². The summed E-state index contributed by atoms with van der Waals surface area (Å²) in [5.74, 6) is 0. The quantitative estimate of drug-likeness (QED) is 0.400. The molecule has 0 amide bonds. The number of hydrogen-bond acceptors (Lipinski definition) is 2. The van der Waals surface area contributed by atoms with Crippen molar-refractivity contribution in [2.24, 2.45) is 0 Å². The van der Waals surface area contributed by atoms with Crippen LogP contribution in [0.1, 0.15) is 0 Å². The van der Waals surface area contributed by atoms with E-state index in [1.807, 2.05) is 0 Å². The molecular weight excluding hydrogens is 213 g/mol. The van der Waals surface area contributed by atoms with E-state index in [1.165, 1.54) is 21.0 Å². The van der Waals surface area contributed by atoms with Gasteiger partial charge in [-0.05, 0) is 0 Å². The molecule has 0 aromatic carbocycles. The van der Waals surface area contributed by atoms with Crippen LogP contribution in [0.4, 0.5) is 25.2 Å². The van der Waals surface area contributed by atoms with Crippen molar-refractivity contribution < 1.29 is 34.7 Å². The first-order chi connectivity index (χ1) is 4.86. The molecule has 2 nitrogen and oxygen atoms in total. The van der Waals surface area contributed by atoms with Crippen LogP contribution in [0.2, 0.25) is 0 Å². The van der Waals surface area contributed by atoms with Gasteiger partial charge >= 0.3 is 33.0 Å². The van der Waals surface area contributed by atoms with Crippen molar-refractivity contribution in [3.63, 3.8) is 0 Å². The van der Waals surface area contributed by atoms with E-state index in [0.717, 1.165) is 0 Å². The van der Waals surface area contributed by atoms with Crippen LogP contribution in [0.25, 0.3) is 0 Å². The molecule has 9 heteroatoms. The predicted molar refractivity (Wildman–Crippen MR) is 31.9 cm³/mol. The van der Waals surface area contributed by atoms with Crippen LogP contribution < -0.4 is 0 Å². The Hall–Kier alpha value is -0.0700. The minimum absolute atomic E-state index is 1.25. The molecule has 0 aromatic heterocycles. The third-order valence-corrected chi connectivity index (χ3v) is 0.192. The molecule has 0 saturated carbocycles. The van der Waals surface area contributed by atoms with Gasteiger partial charge in [0.1, 0.15) is 0 Å². The molecule has 0 aromatic rings. The van der Waals surface area contributed by atoms with Crippen molar-refractivity contribution in [3.05, 3.63) is 6.79 Å². The monoisotopic (exact) mass is 220 g/mol. The fraction of sp³-hybridized carbons (Fsp3) is 0.667. The zero-order valence-corrected chi connectivity index (χ0v) is 7.00. The standard InChI is InChI=1S/C3H7O2.F6P/c1-4-3-5-2;1-7(2,3,4,5)6/h3H,1-2H3;/q2*-1. The number of ether oxygens (including phenoxy) is 2. The topological polar surface area (TPSA) is 18.5 Å². The first-order valence-electron chi connectivity index (χ1n) is 2.30. The number of hydrogen-bond donors (Lipinski definition) is 0. The van der Waals surface area contributed by atoms with E-state index in [2.05, 4.69) is 9.47 Å². The SMILES string of the molecule is CO[CH-]OC.F[P-](F)(F)(F)(F)F. The van der Waals surface area contributed by atoms with Gasteiger partial charge in [0.05, 0.1) is 0 Å². The summed E-state index contributed by atoms with van der Waals surface area (Å²) in [4.78, 5) is 0. The van der Waals surface area contributed by atoms with Gasteiger partial charge in [0, 0.05) is 14.2 Å². The Morgan fingerprint density at radius 3 is 1.00 bits per heavy atom. The van der Waals surface area contributed by atoms with Gasteiger partial charge in [-0.2, -0.15) is 0 Å². The summed E-state index contributed by atoms with van der Waals surface area (Å²) in [6, 6.07) is 0. The molecule has 0 saturated heterocycles. The molecule has 0 aliphatic carbocycles. The number of methoxy groups -OCH3 is 2. The molecule has 0 rings (SSSR count). The van der Waals surface area contributed by atoms with Crippen molar-refractivity contribution in [1.82, 2.24) is 0 Å². The van der Waals surface area contributed by atoms with Gasteiger partial charge in [-0.15, -0.1) is 0 Å². The van der Waals surface area contributed by atoms with E-state index in [4.69, 9.17) is 0 Å². The Bertz CT molecular complexity index is 110. The first-order valence-corrected chi connectivity index (χ1v) is 4.33. The van der Waals surface area contributed by atoms with Gasteiger partial charge in [-0.3, -0.25) is 0 Å². The van der Waals surface area contributed by atoms with E-state index in [0.29, 0.717) is 0 Å². The molecule has 0 aliphatic rings. The van der Waals surface area contributed by atoms with E-state index >= 15 is 0 Å². The Kier molecular flexibility index (Phi) is 4.04. The molecule has 0 aliphatic heterocycles. The van der Waals surface area contributed by atoms with E-state index in [9.17, 15) is 25.2 Å². The molecule has 80 valence electrons. The normalized spacial score (nSPS) is 17.0. The third-order valence-electron chi connectivity index (χ3n) is 0.192. The summed E-state index contributed by atoms with van der Waals surface area (Å²) in [7, 11) is -7.59. The van der Waals surface area contributed by atoms with Crippen LogP contribution in [0.3, 0.4) is 0 Å². The summed E-state index contributed by atoms with van der Waals surface area (Å²) in [5.41, 5.74) is 0. The molecule has 0 atom stereocenters. The second-order valence-corrected chi connectivity index (χ2v) is 3.44. The fourth-order valence-corrected chi connectivity index (χ4v) is 0.0962. The van der Waals surface area contributed by atoms with Gasteiger partial charge in [0.25, 0.3) is 0 Å². The van der Waals surface area contributed by atoms with Crippen molar-refractivity contribution in [3.8, 4) is 0 Å². The van der Waals surface area contributed by atoms with E-state index in [1.54, 1.807) is 0 Å². The molecule has 0 fully saturated rings. The molecule has 0 bridgehead atoms. The van der Waals surface area contributed by atoms with Crippen LogP contribution in [0.5, 0.6) is 0 Å². The van der Waals surface area contributed by atoms with Gasteiger partial charge in [-0.1, -0.05) is 6.79 Å². The van der Waals surface area contributed by atoms with E-state index < -0.39 is 7.81 Å². The van der Waals surface area contributed by atoms with Crippen molar-refractivity contribution in [1.29, 1.82) is 0 Å². The van der Waals surface area contributed by atoms with Crippen LogP contribution in [-0.4, -0.2) is 14.2 Å². The van der Waals surface area contributed by atoms with Crippen LogP contribution in [0.15, 0.2) is 0 Å². The average Bonchev–Trinajstić information content (AvgIpc) is 1.58. The molecule has 12 heavy (non-hydrogen) atoms. The summed E-state index contributed by atoms with van der Waals surface area (Å²) in [6.45, 7) is 1.25. The maximum absolute atomic E-state index is 10.7. The van der Waals surface area contributed by atoms with Crippen molar-refractivity contribution >= 4 is 7.81 Å². The first kappa shape index (κ1) is 14.5. The Balaban J connectivity index is 0. The zero-order chi connectivity index (χ0) is 10.5. The second kappa shape index (κ2) is 3.35. The molecule has 0 N–H and O–H groups in total. The molecule has 0 unspecified atom stereocenters. The number of halogens is 6. The Labute approximate surface area is 64.7 Å². The van der Waals surface area contributed by atoms with Crippen molar-refractivity contribution in [2.45, 2.75) is 0 Å². The maximum atomic E-state index is 9.87. The molecular formula is C3H7F6O2P-2. The predicted octanol–water partition coefficient (Wildman–Crippen LogP) is 3.78. The minimum atomic E-state index is -10.7. The molecule has 0 heterocycles. The number of rotatable bonds is 2. The average molecular weight is 220 g/mol. The zero-order valence-electron chi connectivity index (χ0n) is 6.11. The van der Waals surface area contributed by atoms with Gasteiger partial charge < -0.3 is 9.47 Å². The Morgan fingerprint density at radius 1 is 0.833 bits per heavy atom. The van der Waals surface area contributed by atoms with Crippen molar-refractivity contribution in [2.75, 3.05) is 14.2 Å². The fourth-order valence-electron chi connectivity index (χ4n) is 0.0962. The molecule has 0 radical (unpaired) electrons. The summed E-state index contributed by atoms with van der Waals surface area (Å²) < 4.78 is 67.9. The van der Waals surface area contributed by atoms with Crippen LogP contribution >= 0.6 is 7.81 Å².